The van der Waals surface area contributed by atoms with Crippen LogP contribution in [-0.2, 0) is 25.5 Å². The normalized spacial score (nSPS) is 23.5. The molecule has 2 aliphatic rings. The third-order valence-corrected chi connectivity index (χ3v) is 6.37. The molecule has 1 amide bonds. The van der Waals surface area contributed by atoms with Crippen molar-refractivity contribution in [2.45, 2.75) is 63.2 Å². The molecule has 1 aromatic rings. The van der Waals surface area contributed by atoms with Gasteiger partial charge in [0, 0.05) is 26.2 Å². The van der Waals surface area contributed by atoms with Crippen LogP contribution in [-0.4, -0.2) is 76.0 Å². The molecule has 2 fully saturated rings. The molecule has 3 rings (SSSR count). The lowest BCUT2D eigenvalue weighted by atomic mass is 9.91. The number of ether oxygens (including phenoxy) is 4. The lowest BCUT2D eigenvalue weighted by Crippen LogP contribution is -2.46. The molecule has 1 saturated heterocycles. The molecule has 8 nitrogen and oxygen atoms in total. The van der Waals surface area contributed by atoms with Crippen LogP contribution in [0.4, 0.5) is 0 Å². The first-order chi connectivity index (χ1) is 15.5. The molecule has 1 heterocycles. The van der Waals surface area contributed by atoms with Crippen LogP contribution in [0.25, 0.3) is 0 Å². The molecule has 8 heteroatoms. The number of methoxy groups -OCH3 is 2. The van der Waals surface area contributed by atoms with E-state index in [2.05, 4.69) is 10.2 Å². The summed E-state index contributed by atoms with van der Waals surface area (Å²) in [5.74, 6) is 0.682. The molecule has 1 saturated carbocycles. The van der Waals surface area contributed by atoms with Gasteiger partial charge in [0.1, 0.15) is 12.5 Å². The van der Waals surface area contributed by atoms with E-state index in [1.807, 2.05) is 18.2 Å². The molecule has 3 atom stereocenters. The number of rotatable bonds is 10. The van der Waals surface area contributed by atoms with Gasteiger partial charge in [0.15, 0.2) is 11.5 Å². The second-order valence-electron chi connectivity index (χ2n) is 8.45. The van der Waals surface area contributed by atoms with Crippen LogP contribution in [0, 0.1) is 0 Å². The highest BCUT2D eigenvalue weighted by atomic mass is 16.5. The Morgan fingerprint density at radius 1 is 1.09 bits per heavy atom. The summed E-state index contributed by atoms with van der Waals surface area (Å²) < 4.78 is 22.6. The minimum absolute atomic E-state index is 0.151. The van der Waals surface area contributed by atoms with Crippen molar-refractivity contribution < 1.29 is 28.5 Å². The van der Waals surface area contributed by atoms with Crippen LogP contribution >= 0.6 is 0 Å². The predicted octanol–water partition coefficient (Wildman–Crippen LogP) is 2.33. The summed E-state index contributed by atoms with van der Waals surface area (Å²) in [6.45, 7) is 2.24. The van der Waals surface area contributed by atoms with Gasteiger partial charge in [-0.25, -0.2) is 0 Å². The summed E-state index contributed by atoms with van der Waals surface area (Å²) in [5.41, 5.74) is 1.15. The molecule has 0 spiro atoms. The van der Waals surface area contributed by atoms with Gasteiger partial charge in [-0.2, -0.15) is 0 Å². The van der Waals surface area contributed by atoms with E-state index in [0.29, 0.717) is 19.2 Å². The summed E-state index contributed by atoms with van der Waals surface area (Å²) in [4.78, 5) is 25.7. The van der Waals surface area contributed by atoms with Crippen molar-refractivity contribution >= 4 is 11.9 Å². The first-order valence-electron chi connectivity index (χ1n) is 11.5. The highest BCUT2D eigenvalue weighted by Gasteiger charge is 2.36. The average molecular weight is 449 g/mol. The first kappa shape index (κ1) is 24.3. The minimum atomic E-state index is -0.456. The highest BCUT2D eigenvalue weighted by molar-refractivity contribution is 5.94. The molecule has 1 N–H and O–H groups in total. The predicted molar refractivity (Wildman–Crippen MR) is 120 cm³/mol. The molecule has 1 aliphatic carbocycles. The molecular weight excluding hydrogens is 412 g/mol. The Morgan fingerprint density at radius 3 is 2.62 bits per heavy atom. The van der Waals surface area contributed by atoms with E-state index in [1.165, 1.54) is 19.9 Å². The molecule has 0 aromatic heterocycles. The van der Waals surface area contributed by atoms with Crippen molar-refractivity contribution in [3.8, 4) is 11.5 Å². The fourth-order valence-electron chi connectivity index (χ4n) is 4.65. The third kappa shape index (κ3) is 6.59. The zero-order chi connectivity index (χ0) is 22.9. The zero-order valence-electron chi connectivity index (χ0n) is 19.4. The topological polar surface area (TPSA) is 86.3 Å². The SMILES string of the molecule is CNC(=O)CC(=O)O[C@@H]1CCN([C@@H]2CCCC[C@H]2OCCc2ccc(OC)c(OC)c2)C1. The molecule has 1 aliphatic heterocycles. The van der Waals surface area contributed by atoms with E-state index in [0.717, 1.165) is 49.3 Å². The van der Waals surface area contributed by atoms with Gasteiger partial charge in [-0.05, 0) is 43.4 Å². The van der Waals surface area contributed by atoms with Gasteiger partial charge in [0.05, 0.1) is 26.9 Å². The maximum atomic E-state index is 11.9. The minimum Gasteiger partial charge on any atom is -0.493 e. The Labute approximate surface area is 190 Å². The van der Waals surface area contributed by atoms with Crippen LogP contribution in [0.5, 0.6) is 11.5 Å². The standard InChI is InChI=1S/C24H36N2O6/c1-25-23(27)15-24(28)32-18-10-12-26(16-18)19-6-4-5-7-20(19)31-13-11-17-8-9-21(29-2)22(14-17)30-3/h8-9,14,18-20H,4-7,10-13,15-16H2,1-3H3,(H,25,27)/t18-,19-,20-/m1/s1. The average Bonchev–Trinajstić information content (AvgIpc) is 3.27. The summed E-state index contributed by atoms with van der Waals surface area (Å²) in [6, 6.07) is 6.31. The number of hydrogen-bond acceptors (Lipinski definition) is 7. The monoisotopic (exact) mass is 448 g/mol. The molecule has 1 aromatic carbocycles. The van der Waals surface area contributed by atoms with E-state index in [-0.39, 0.29) is 24.5 Å². The smallest absolute Gasteiger partial charge is 0.315 e. The lowest BCUT2D eigenvalue weighted by Gasteiger charge is -2.37. The first-order valence-corrected chi connectivity index (χ1v) is 11.5. The highest BCUT2D eigenvalue weighted by Crippen LogP contribution is 2.30. The Kier molecular flexibility index (Phi) is 9.17. The molecule has 178 valence electrons. The van der Waals surface area contributed by atoms with E-state index < -0.39 is 5.97 Å². The van der Waals surface area contributed by atoms with Gasteiger partial charge in [0.2, 0.25) is 5.91 Å². The fraction of sp³-hybridized carbons (Fsp3) is 0.667. The number of nitrogens with zero attached hydrogens (tertiary/aromatic N) is 1. The Morgan fingerprint density at radius 2 is 1.88 bits per heavy atom. The Balaban J connectivity index is 1.48. The largest absolute Gasteiger partial charge is 0.493 e. The number of benzene rings is 1. The number of carbonyl (C=O) groups excluding carboxylic acids is 2. The van der Waals surface area contributed by atoms with Crippen LogP contribution in [0.15, 0.2) is 18.2 Å². The Bertz CT molecular complexity index is 771. The van der Waals surface area contributed by atoms with Gasteiger partial charge in [-0.1, -0.05) is 18.9 Å². The zero-order valence-corrected chi connectivity index (χ0v) is 19.4. The lowest BCUT2D eigenvalue weighted by molar-refractivity contribution is -0.150. The van der Waals surface area contributed by atoms with E-state index in [4.69, 9.17) is 18.9 Å². The van der Waals surface area contributed by atoms with Crippen molar-refractivity contribution in [2.24, 2.45) is 0 Å². The molecule has 32 heavy (non-hydrogen) atoms. The van der Waals surface area contributed by atoms with Crippen molar-refractivity contribution in [3.63, 3.8) is 0 Å². The van der Waals surface area contributed by atoms with E-state index >= 15 is 0 Å². The summed E-state index contributed by atoms with van der Waals surface area (Å²) >= 11 is 0. The summed E-state index contributed by atoms with van der Waals surface area (Å²) in [6.07, 6.45) is 5.93. The van der Waals surface area contributed by atoms with Crippen LogP contribution in [0.3, 0.4) is 0 Å². The molecule has 0 unspecified atom stereocenters. The van der Waals surface area contributed by atoms with Gasteiger partial charge in [0.25, 0.3) is 0 Å². The molecule has 0 bridgehead atoms. The van der Waals surface area contributed by atoms with Gasteiger partial charge < -0.3 is 24.3 Å². The maximum absolute atomic E-state index is 11.9. The van der Waals surface area contributed by atoms with E-state index in [9.17, 15) is 9.59 Å². The summed E-state index contributed by atoms with van der Waals surface area (Å²) in [7, 11) is 4.79. The number of nitrogens with one attached hydrogen (secondary N) is 1. The number of hydrogen-bond donors (Lipinski definition) is 1. The second-order valence-corrected chi connectivity index (χ2v) is 8.45. The number of carbonyl (C=O) groups is 2. The summed E-state index contributed by atoms with van der Waals surface area (Å²) in [5, 5.41) is 2.45. The Hall–Kier alpha value is -2.32. The number of amides is 1. The fourth-order valence-corrected chi connectivity index (χ4v) is 4.65. The van der Waals surface area contributed by atoms with Crippen LogP contribution < -0.4 is 14.8 Å². The van der Waals surface area contributed by atoms with Crippen molar-refractivity contribution in [1.82, 2.24) is 10.2 Å². The van der Waals surface area contributed by atoms with Crippen molar-refractivity contribution in [1.29, 1.82) is 0 Å². The molecular formula is C24H36N2O6. The van der Waals surface area contributed by atoms with Crippen LogP contribution in [0.1, 0.15) is 44.1 Å². The number of likely N-dealkylation sites (tertiary alicyclic amines) is 1. The van der Waals surface area contributed by atoms with Gasteiger partial charge >= 0.3 is 5.97 Å². The van der Waals surface area contributed by atoms with Gasteiger partial charge in [-0.3, -0.25) is 14.5 Å². The second kappa shape index (κ2) is 12.1. The molecule has 0 radical (unpaired) electrons. The van der Waals surface area contributed by atoms with E-state index in [1.54, 1.807) is 14.2 Å². The number of esters is 1. The van der Waals surface area contributed by atoms with Gasteiger partial charge in [-0.15, -0.1) is 0 Å². The third-order valence-electron chi connectivity index (χ3n) is 6.37. The quantitative estimate of drug-likeness (QED) is 0.434. The maximum Gasteiger partial charge on any atom is 0.315 e. The van der Waals surface area contributed by atoms with Crippen molar-refractivity contribution in [2.75, 3.05) is 41.0 Å². The van der Waals surface area contributed by atoms with Crippen LogP contribution in [0.2, 0.25) is 0 Å². The van der Waals surface area contributed by atoms with Crippen molar-refractivity contribution in [3.05, 3.63) is 23.8 Å².